The van der Waals surface area contributed by atoms with Crippen molar-refractivity contribution in [1.29, 1.82) is 0 Å². The number of aromatic nitrogens is 2. The molecule has 1 aliphatic rings. The molecule has 1 aromatic heterocycles. The molecule has 17 heavy (non-hydrogen) atoms. The molecule has 0 aliphatic carbocycles. The van der Waals surface area contributed by atoms with Crippen molar-refractivity contribution in [3.05, 3.63) is 30.5 Å². The van der Waals surface area contributed by atoms with Gasteiger partial charge in [-0.3, -0.25) is 0 Å². The molecule has 0 bridgehead atoms. The lowest BCUT2D eigenvalue weighted by Crippen LogP contribution is -2.43. The highest BCUT2D eigenvalue weighted by Crippen LogP contribution is 2.26. The minimum absolute atomic E-state index is 0.274. The number of benzene rings is 1. The summed E-state index contributed by atoms with van der Waals surface area (Å²) in [4.78, 5) is 2.32. The molecule has 1 aromatic carbocycles. The highest BCUT2D eigenvalue weighted by atomic mass is 15.2. The summed E-state index contributed by atoms with van der Waals surface area (Å²) in [5.74, 6) is 0. The van der Waals surface area contributed by atoms with Gasteiger partial charge < -0.3 is 10.6 Å². The minimum Gasteiger partial charge on any atom is -0.368 e. The Hall–Kier alpha value is -1.68. The van der Waals surface area contributed by atoms with Crippen LogP contribution in [0.4, 0.5) is 5.69 Å². The molecule has 88 valence electrons. The van der Waals surface area contributed by atoms with Gasteiger partial charge in [0.05, 0.1) is 17.4 Å². The van der Waals surface area contributed by atoms with Crippen LogP contribution in [0.1, 0.15) is 12.8 Å². The van der Waals surface area contributed by atoms with Crippen molar-refractivity contribution in [3.63, 3.8) is 0 Å². The van der Waals surface area contributed by atoms with Crippen LogP contribution in [0.25, 0.3) is 10.9 Å². The molecule has 0 radical (unpaired) electrons. The molecular weight excluding hydrogens is 212 g/mol. The van der Waals surface area contributed by atoms with E-state index in [1.165, 1.54) is 0 Å². The molecule has 1 saturated heterocycles. The Morgan fingerprint density at radius 2 is 2.18 bits per heavy atom. The number of hydrogen-bond donors (Lipinski definition) is 1. The molecule has 0 saturated carbocycles. The van der Waals surface area contributed by atoms with E-state index in [0.29, 0.717) is 0 Å². The Bertz CT molecular complexity index is 520. The molecule has 2 heterocycles. The smallest absolute Gasteiger partial charge is 0.0950 e. The molecule has 1 fully saturated rings. The van der Waals surface area contributed by atoms with Crippen LogP contribution in [0.2, 0.25) is 0 Å². The summed E-state index contributed by atoms with van der Waals surface area (Å²) in [5.41, 5.74) is 8.14. The van der Waals surface area contributed by atoms with Crippen molar-refractivity contribution >= 4 is 16.6 Å². The van der Waals surface area contributed by atoms with Crippen LogP contribution >= 0.6 is 0 Å². The van der Waals surface area contributed by atoms with Crippen LogP contribution in [0.15, 0.2) is 30.5 Å². The van der Waals surface area contributed by atoms with Crippen LogP contribution < -0.4 is 10.6 Å². The third kappa shape index (κ3) is 1.96. The second-order valence-corrected chi connectivity index (χ2v) is 4.60. The van der Waals surface area contributed by atoms with Crippen LogP contribution in [-0.2, 0) is 0 Å². The number of nitrogens with zero attached hydrogens (tertiary/aromatic N) is 3. The van der Waals surface area contributed by atoms with Crippen molar-refractivity contribution in [2.75, 3.05) is 18.0 Å². The molecular formula is C13H16N4. The van der Waals surface area contributed by atoms with Crippen LogP contribution in [0.5, 0.6) is 0 Å². The van der Waals surface area contributed by atoms with Gasteiger partial charge in [0.25, 0.3) is 0 Å². The first-order valence-corrected chi connectivity index (χ1v) is 6.05. The molecule has 4 nitrogen and oxygen atoms in total. The zero-order valence-corrected chi connectivity index (χ0v) is 9.71. The molecule has 0 amide bonds. The Labute approximate surface area is 100 Å². The topological polar surface area (TPSA) is 55.0 Å². The Kier molecular flexibility index (Phi) is 2.65. The summed E-state index contributed by atoms with van der Waals surface area (Å²) in [6.07, 6.45) is 4.12. The van der Waals surface area contributed by atoms with E-state index in [2.05, 4.69) is 21.2 Å². The summed E-state index contributed by atoms with van der Waals surface area (Å²) in [7, 11) is 0. The fourth-order valence-electron chi connectivity index (χ4n) is 2.47. The number of rotatable bonds is 1. The molecule has 0 unspecified atom stereocenters. The monoisotopic (exact) mass is 228 g/mol. The van der Waals surface area contributed by atoms with Crippen molar-refractivity contribution in [2.24, 2.45) is 5.73 Å². The Morgan fingerprint density at radius 3 is 3.06 bits per heavy atom. The zero-order valence-electron chi connectivity index (χ0n) is 9.71. The molecule has 1 atom stereocenters. The molecule has 1 aliphatic heterocycles. The van der Waals surface area contributed by atoms with Crippen LogP contribution in [-0.4, -0.2) is 29.3 Å². The van der Waals surface area contributed by atoms with Gasteiger partial charge in [-0.05, 0) is 18.9 Å². The van der Waals surface area contributed by atoms with E-state index in [1.54, 1.807) is 0 Å². The maximum absolute atomic E-state index is 6.03. The van der Waals surface area contributed by atoms with E-state index in [1.807, 2.05) is 24.4 Å². The van der Waals surface area contributed by atoms with E-state index >= 15 is 0 Å². The van der Waals surface area contributed by atoms with Gasteiger partial charge in [0.1, 0.15) is 0 Å². The third-order valence-corrected chi connectivity index (χ3v) is 3.32. The number of fused-ring (bicyclic) bond motifs is 1. The fourth-order valence-corrected chi connectivity index (χ4v) is 2.47. The predicted molar refractivity (Wildman–Crippen MR) is 69.0 cm³/mol. The summed E-state index contributed by atoms with van der Waals surface area (Å²) < 4.78 is 0. The van der Waals surface area contributed by atoms with E-state index in [-0.39, 0.29) is 6.04 Å². The van der Waals surface area contributed by atoms with E-state index in [4.69, 9.17) is 5.73 Å². The average Bonchev–Trinajstić information content (AvgIpc) is 2.38. The first kappa shape index (κ1) is 10.5. The maximum Gasteiger partial charge on any atom is 0.0950 e. The van der Waals surface area contributed by atoms with Crippen molar-refractivity contribution in [3.8, 4) is 0 Å². The highest BCUT2D eigenvalue weighted by Gasteiger charge is 2.18. The van der Waals surface area contributed by atoms with Gasteiger partial charge >= 0.3 is 0 Å². The van der Waals surface area contributed by atoms with Crippen LogP contribution in [0.3, 0.4) is 0 Å². The summed E-state index contributed by atoms with van der Waals surface area (Å²) in [5, 5.41) is 9.39. The zero-order chi connectivity index (χ0) is 11.7. The fraction of sp³-hybridized carbons (Fsp3) is 0.385. The largest absolute Gasteiger partial charge is 0.368 e. The van der Waals surface area contributed by atoms with Crippen molar-refractivity contribution < 1.29 is 0 Å². The second kappa shape index (κ2) is 4.30. The average molecular weight is 228 g/mol. The van der Waals surface area contributed by atoms with E-state index < -0.39 is 0 Å². The van der Waals surface area contributed by atoms with Gasteiger partial charge in [0.15, 0.2) is 0 Å². The first-order chi connectivity index (χ1) is 8.34. The molecule has 4 heteroatoms. The SMILES string of the molecule is N[C@@H]1CCCN(c2cnnc3ccccc23)C1. The lowest BCUT2D eigenvalue weighted by Gasteiger charge is -2.32. The molecule has 2 N–H and O–H groups in total. The van der Waals surface area contributed by atoms with Gasteiger partial charge in [-0.15, -0.1) is 0 Å². The standard InChI is InChI=1S/C13H16N4/c14-10-4-3-7-17(9-10)13-8-15-16-12-6-2-1-5-11(12)13/h1-2,5-6,8,10H,3-4,7,9,14H2/t10-/m1/s1. The van der Waals surface area contributed by atoms with Gasteiger partial charge in [-0.1, -0.05) is 18.2 Å². The van der Waals surface area contributed by atoms with Gasteiger partial charge in [0, 0.05) is 24.5 Å². The number of nitrogens with two attached hydrogens (primary N) is 1. The lowest BCUT2D eigenvalue weighted by molar-refractivity contribution is 0.506. The van der Waals surface area contributed by atoms with Gasteiger partial charge in [-0.2, -0.15) is 10.2 Å². The quantitative estimate of drug-likeness (QED) is 0.804. The van der Waals surface area contributed by atoms with E-state index in [9.17, 15) is 0 Å². The van der Waals surface area contributed by atoms with E-state index in [0.717, 1.165) is 42.5 Å². The number of anilines is 1. The predicted octanol–water partition coefficient (Wildman–Crippen LogP) is 1.56. The minimum atomic E-state index is 0.274. The van der Waals surface area contributed by atoms with Gasteiger partial charge in [0.2, 0.25) is 0 Å². The summed E-state index contributed by atoms with van der Waals surface area (Å²) in [6.45, 7) is 1.97. The number of piperidine rings is 1. The van der Waals surface area contributed by atoms with Crippen LogP contribution in [0, 0.1) is 0 Å². The third-order valence-electron chi connectivity index (χ3n) is 3.32. The van der Waals surface area contributed by atoms with Crippen molar-refractivity contribution in [1.82, 2.24) is 10.2 Å². The normalized spacial score (nSPS) is 20.8. The maximum atomic E-state index is 6.03. The first-order valence-electron chi connectivity index (χ1n) is 6.05. The highest BCUT2D eigenvalue weighted by molar-refractivity contribution is 5.90. The molecule has 3 rings (SSSR count). The van der Waals surface area contributed by atoms with Gasteiger partial charge in [-0.25, -0.2) is 0 Å². The molecule has 0 spiro atoms. The Balaban J connectivity index is 2.04. The number of hydrogen-bond acceptors (Lipinski definition) is 4. The summed E-state index contributed by atoms with van der Waals surface area (Å²) in [6, 6.07) is 8.39. The Morgan fingerprint density at radius 1 is 1.29 bits per heavy atom. The molecule has 2 aromatic rings. The van der Waals surface area contributed by atoms with Crippen molar-refractivity contribution in [2.45, 2.75) is 18.9 Å². The lowest BCUT2D eigenvalue weighted by atomic mass is 10.1. The summed E-state index contributed by atoms with van der Waals surface area (Å²) >= 11 is 0. The second-order valence-electron chi connectivity index (χ2n) is 4.60.